The quantitative estimate of drug-likeness (QED) is 0.271. The molecule has 0 aromatic rings. The Kier molecular flexibility index (Phi) is 16.3. The van der Waals surface area contributed by atoms with Gasteiger partial charge in [0.05, 0.1) is 0 Å². The Morgan fingerprint density at radius 2 is 2.20 bits per heavy atom. The van der Waals surface area contributed by atoms with E-state index in [0.29, 0.717) is 0 Å². The van der Waals surface area contributed by atoms with Gasteiger partial charge in [0.25, 0.3) is 0 Å². The van der Waals surface area contributed by atoms with Gasteiger partial charge in [-0.05, 0) is 6.42 Å². The van der Waals surface area contributed by atoms with Crippen molar-refractivity contribution in [2.75, 3.05) is 0 Å². The summed E-state index contributed by atoms with van der Waals surface area (Å²) in [5.74, 6) is 0. The summed E-state index contributed by atoms with van der Waals surface area (Å²) in [5, 5.41) is 0. The van der Waals surface area contributed by atoms with E-state index in [1.54, 1.807) is 0 Å². The molecular formula is C4H9Na. The van der Waals surface area contributed by atoms with Gasteiger partial charge in [-0.25, -0.2) is 0 Å². The maximum Gasteiger partial charge on any atom is 1.00 e. The minimum absolute atomic E-state index is 0. The molecule has 0 bridgehead atoms. The van der Waals surface area contributed by atoms with Crippen LogP contribution in [0, 0.1) is 0 Å². The van der Waals surface area contributed by atoms with Crippen molar-refractivity contribution in [2.24, 2.45) is 0 Å². The van der Waals surface area contributed by atoms with Crippen molar-refractivity contribution in [1.82, 2.24) is 0 Å². The Hall–Kier alpha value is 0.740. The van der Waals surface area contributed by atoms with E-state index in [1.807, 2.05) is 6.08 Å². The predicted octanol–water partition coefficient (Wildman–Crippen LogP) is -1.30. The van der Waals surface area contributed by atoms with Crippen LogP contribution in [0.3, 0.4) is 0 Å². The summed E-state index contributed by atoms with van der Waals surface area (Å²) in [6.45, 7) is 5.54. The van der Waals surface area contributed by atoms with Gasteiger partial charge in [-0.15, -0.1) is 6.58 Å². The fourth-order valence-electron chi connectivity index (χ4n) is 0. The second-order valence-electron chi connectivity index (χ2n) is 0.697. The molecular weight excluding hydrogens is 71.0 g/mol. The Morgan fingerprint density at radius 3 is 2.20 bits per heavy atom. The number of hydrogen-bond donors (Lipinski definition) is 0. The van der Waals surface area contributed by atoms with Crippen LogP contribution < -0.4 is 29.6 Å². The van der Waals surface area contributed by atoms with Gasteiger partial charge < -0.3 is 1.43 Å². The van der Waals surface area contributed by atoms with E-state index in [-0.39, 0.29) is 31.0 Å². The molecule has 0 saturated carbocycles. The van der Waals surface area contributed by atoms with Gasteiger partial charge in [0, 0.05) is 0 Å². The van der Waals surface area contributed by atoms with Crippen LogP contribution in [0.1, 0.15) is 14.8 Å². The third kappa shape index (κ3) is 11.8. The molecule has 0 aliphatic heterocycles. The molecule has 0 heterocycles. The molecule has 0 saturated heterocycles. The van der Waals surface area contributed by atoms with Crippen molar-refractivity contribution in [1.29, 1.82) is 0 Å². The van der Waals surface area contributed by atoms with Crippen molar-refractivity contribution >= 4 is 0 Å². The van der Waals surface area contributed by atoms with Crippen LogP contribution in [0.25, 0.3) is 0 Å². The van der Waals surface area contributed by atoms with Crippen molar-refractivity contribution < 1.29 is 31.0 Å². The molecule has 0 amide bonds. The molecule has 0 aromatic heterocycles. The Morgan fingerprint density at radius 1 is 2.00 bits per heavy atom. The van der Waals surface area contributed by atoms with E-state index in [0.717, 1.165) is 6.42 Å². The van der Waals surface area contributed by atoms with Crippen molar-refractivity contribution in [2.45, 2.75) is 13.3 Å². The molecule has 0 rings (SSSR count). The second kappa shape index (κ2) is 8.83. The standard InChI is InChI=1S/C4H8.Na.H/c1-3-4-2;;/h3H,1,4H2,2H3;;/q;+1;-1. The molecule has 0 radical (unpaired) electrons. The van der Waals surface area contributed by atoms with Crippen LogP contribution in [-0.2, 0) is 0 Å². The van der Waals surface area contributed by atoms with Gasteiger partial charge in [0.15, 0.2) is 0 Å². The molecule has 0 aromatic carbocycles. The molecule has 0 N–H and O–H groups in total. The van der Waals surface area contributed by atoms with Crippen molar-refractivity contribution in [3.8, 4) is 0 Å². The molecule has 0 unspecified atom stereocenters. The van der Waals surface area contributed by atoms with E-state index >= 15 is 0 Å². The van der Waals surface area contributed by atoms with Gasteiger partial charge >= 0.3 is 29.6 Å². The fraction of sp³-hybridized carbons (Fsp3) is 0.500. The van der Waals surface area contributed by atoms with Crippen LogP contribution in [0.2, 0.25) is 0 Å². The number of rotatable bonds is 1. The third-order valence-electron chi connectivity index (χ3n) is 0.289. The Balaban J connectivity index is -0.0000000450. The smallest absolute Gasteiger partial charge is 1.00 e. The largest absolute Gasteiger partial charge is 1.00 e. The second-order valence-corrected chi connectivity index (χ2v) is 0.697. The summed E-state index contributed by atoms with van der Waals surface area (Å²) in [6.07, 6.45) is 2.96. The van der Waals surface area contributed by atoms with Crippen LogP contribution in [0.4, 0.5) is 0 Å². The number of hydrogen-bond acceptors (Lipinski definition) is 0. The minimum atomic E-state index is 0. The van der Waals surface area contributed by atoms with Crippen LogP contribution in [0.15, 0.2) is 12.7 Å². The molecule has 0 atom stereocenters. The molecule has 0 nitrogen and oxygen atoms in total. The summed E-state index contributed by atoms with van der Waals surface area (Å²) >= 11 is 0. The average Bonchev–Trinajstić information content (AvgIpc) is 1.37. The summed E-state index contributed by atoms with van der Waals surface area (Å²) < 4.78 is 0. The average molecular weight is 80.1 g/mol. The predicted molar refractivity (Wildman–Crippen MR) is 21.6 cm³/mol. The monoisotopic (exact) mass is 80.1 g/mol. The van der Waals surface area contributed by atoms with Gasteiger partial charge in [-0.3, -0.25) is 0 Å². The maximum absolute atomic E-state index is 3.48. The first-order chi connectivity index (χ1) is 1.91. The maximum atomic E-state index is 3.48. The summed E-state index contributed by atoms with van der Waals surface area (Å²) in [7, 11) is 0. The zero-order valence-corrected chi connectivity index (χ0v) is 5.99. The summed E-state index contributed by atoms with van der Waals surface area (Å²) in [4.78, 5) is 0. The van der Waals surface area contributed by atoms with Gasteiger partial charge in [-0.1, -0.05) is 13.0 Å². The molecule has 0 fully saturated rings. The van der Waals surface area contributed by atoms with E-state index in [4.69, 9.17) is 0 Å². The summed E-state index contributed by atoms with van der Waals surface area (Å²) in [6, 6.07) is 0. The Bertz CT molecular complexity index is 21.5. The van der Waals surface area contributed by atoms with Crippen molar-refractivity contribution in [3.63, 3.8) is 0 Å². The van der Waals surface area contributed by atoms with Crippen molar-refractivity contribution in [3.05, 3.63) is 12.7 Å². The van der Waals surface area contributed by atoms with E-state index in [9.17, 15) is 0 Å². The SMILES string of the molecule is C=CCC.[H-].[Na+]. The van der Waals surface area contributed by atoms with Gasteiger partial charge in [0.2, 0.25) is 0 Å². The number of allylic oxidation sites excluding steroid dienone is 1. The zero-order chi connectivity index (χ0) is 3.41. The van der Waals surface area contributed by atoms with E-state index in [2.05, 4.69) is 13.5 Å². The van der Waals surface area contributed by atoms with Crippen LogP contribution in [0.5, 0.6) is 0 Å². The molecule has 0 aliphatic rings. The molecule has 5 heavy (non-hydrogen) atoms. The first kappa shape index (κ1) is 9.22. The summed E-state index contributed by atoms with van der Waals surface area (Å²) in [5.41, 5.74) is 0. The minimum Gasteiger partial charge on any atom is -1.00 e. The topological polar surface area (TPSA) is 0 Å². The normalized spacial score (nSPS) is 5.00. The van der Waals surface area contributed by atoms with Crippen LogP contribution in [-0.4, -0.2) is 0 Å². The van der Waals surface area contributed by atoms with E-state index in [1.165, 1.54) is 0 Å². The first-order valence-electron chi connectivity index (χ1n) is 1.52. The van der Waals surface area contributed by atoms with Gasteiger partial charge in [-0.2, -0.15) is 0 Å². The zero-order valence-electron chi connectivity index (χ0n) is 4.99. The van der Waals surface area contributed by atoms with Crippen LogP contribution >= 0.6 is 0 Å². The fourth-order valence-corrected chi connectivity index (χ4v) is 0. The third-order valence-corrected chi connectivity index (χ3v) is 0.289. The van der Waals surface area contributed by atoms with E-state index < -0.39 is 0 Å². The molecule has 26 valence electrons. The molecule has 0 aliphatic carbocycles. The first-order valence-corrected chi connectivity index (χ1v) is 1.52. The molecule has 0 spiro atoms. The Labute approximate surface area is 57.0 Å². The van der Waals surface area contributed by atoms with Gasteiger partial charge in [0.1, 0.15) is 0 Å². The molecule has 1 heteroatoms.